The molecule has 3 aromatic carbocycles. The molecule has 4 nitrogen and oxygen atoms in total. The average Bonchev–Trinajstić information content (AvgIpc) is 2.66. The lowest BCUT2D eigenvalue weighted by Gasteiger charge is -2.21. The summed E-state index contributed by atoms with van der Waals surface area (Å²) in [5, 5.41) is 1.30. The van der Waals surface area contributed by atoms with Crippen LogP contribution in [-0.2, 0) is 16.5 Å². The van der Waals surface area contributed by atoms with Crippen LogP contribution in [0.5, 0.6) is 5.75 Å². The zero-order valence-electron chi connectivity index (χ0n) is 14.4. The van der Waals surface area contributed by atoms with Crippen molar-refractivity contribution < 1.29 is 25.8 Å². The van der Waals surface area contributed by atoms with E-state index >= 15 is 0 Å². The van der Waals surface area contributed by atoms with E-state index in [1.165, 1.54) is 12.1 Å². The third kappa shape index (κ3) is 3.13. The molecule has 0 atom stereocenters. The fraction of sp³-hybridized carbons (Fsp3) is 0.150. The minimum atomic E-state index is -5.81. The summed E-state index contributed by atoms with van der Waals surface area (Å²) in [6, 6.07) is 17.2. The van der Waals surface area contributed by atoms with Crippen LogP contribution in [0, 0.1) is 0 Å². The van der Waals surface area contributed by atoms with Crippen molar-refractivity contribution in [1.82, 2.24) is 0 Å². The van der Waals surface area contributed by atoms with Gasteiger partial charge >= 0.3 is 15.6 Å². The first-order chi connectivity index (χ1) is 13.3. The summed E-state index contributed by atoms with van der Waals surface area (Å²) < 4.78 is 66.6. The van der Waals surface area contributed by atoms with E-state index < -0.39 is 21.4 Å². The normalized spacial score (nSPS) is 14.5. The van der Waals surface area contributed by atoms with Gasteiger partial charge in [-0.05, 0) is 28.8 Å². The molecular formula is C20H14F3NO3S. The maximum Gasteiger partial charge on any atom is 0.534 e. The van der Waals surface area contributed by atoms with E-state index in [-0.39, 0.29) is 5.56 Å². The van der Waals surface area contributed by atoms with Gasteiger partial charge in [-0.15, -0.1) is 0 Å². The number of aliphatic imine (C=N–C) groups is 1. The molecule has 8 heteroatoms. The highest BCUT2D eigenvalue weighted by Gasteiger charge is 2.49. The molecule has 0 saturated heterocycles. The molecule has 0 fully saturated rings. The van der Waals surface area contributed by atoms with E-state index in [0.717, 1.165) is 16.5 Å². The fourth-order valence-electron chi connectivity index (χ4n) is 3.29. The molecule has 3 aromatic rings. The van der Waals surface area contributed by atoms with Crippen LogP contribution in [0.1, 0.15) is 16.7 Å². The third-order valence-corrected chi connectivity index (χ3v) is 5.50. The van der Waals surface area contributed by atoms with Gasteiger partial charge in [0.05, 0.1) is 11.3 Å². The number of hydrogen-bond acceptors (Lipinski definition) is 4. The van der Waals surface area contributed by atoms with Crippen LogP contribution < -0.4 is 4.18 Å². The van der Waals surface area contributed by atoms with Gasteiger partial charge in [0, 0.05) is 12.1 Å². The molecule has 0 N–H and O–H groups in total. The lowest BCUT2D eigenvalue weighted by Crippen LogP contribution is -2.29. The summed E-state index contributed by atoms with van der Waals surface area (Å²) in [7, 11) is -5.81. The van der Waals surface area contributed by atoms with E-state index in [0.29, 0.717) is 24.1 Å². The van der Waals surface area contributed by atoms with Gasteiger partial charge < -0.3 is 4.18 Å². The molecule has 0 aliphatic carbocycles. The molecule has 0 saturated carbocycles. The molecule has 4 rings (SSSR count). The summed E-state index contributed by atoms with van der Waals surface area (Å²) in [4.78, 5) is 4.50. The smallest absolute Gasteiger partial charge is 0.375 e. The van der Waals surface area contributed by atoms with Crippen LogP contribution in [0.2, 0.25) is 0 Å². The molecule has 0 bridgehead atoms. The molecule has 144 valence electrons. The molecule has 1 heterocycles. The summed E-state index contributed by atoms with van der Waals surface area (Å²) >= 11 is 0. The topological polar surface area (TPSA) is 55.7 Å². The quantitative estimate of drug-likeness (QED) is 0.478. The first kappa shape index (κ1) is 18.5. The average molecular weight is 405 g/mol. The Hall–Kier alpha value is -2.87. The Morgan fingerprint density at radius 2 is 1.64 bits per heavy atom. The Morgan fingerprint density at radius 1 is 0.929 bits per heavy atom. The second-order valence-electron chi connectivity index (χ2n) is 6.28. The summed E-state index contributed by atoms with van der Waals surface area (Å²) in [6.07, 6.45) is 0.696. The van der Waals surface area contributed by atoms with Crippen LogP contribution >= 0.6 is 0 Å². The van der Waals surface area contributed by atoms with Crippen molar-refractivity contribution in [3.8, 4) is 5.75 Å². The summed E-state index contributed by atoms with van der Waals surface area (Å²) in [5.74, 6) is -0.397. The van der Waals surface area contributed by atoms with E-state index in [9.17, 15) is 21.6 Å². The standard InChI is InChI=1S/C20H14F3NO3S/c21-20(22,23)28(25,26)27-17-10-9-13-5-1-3-7-15(13)18(17)19-16-8-4-2-6-14(16)11-12-24-19/h1-10H,11-12H2. The number of fused-ring (bicyclic) bond motifs is 2. The molecule has 0 amide bonds. The number of hydrogen-bond donors (Lipinski definition) is 0. The highest BCUT2D eigenvalue weighted by atomic mass is 32.2. The van der Waals surface area contributed by atoms with Crippen molar-refractivity contribution in [3.63, 3.8) is 0 Å². The van der Waals surface area contributed by atoms with Crippen LogP contribution in [0.25, 0.3) is 10.8 Å². The Morgan fingerprint density at radius 3 is 2.43 bits per heavy atom. The summed E-state index contributed by atoms with van der Waals surface area (Å²) in [6.45, 7) is 0.445. The zero-order valence-corrected chi connectivity index (χ0v) is 15.2. The number of rotatable bonds is 3. The van der Waals surface area contributed by atoms with Crippen LogP contribution in [-0.4, -0.2) is 26.2 Å². The highest BCUT2D eigenvalue weighted by Crippen LogP contribution is 2.36. The van der Waals surface area contributed by atoms with E-state index in [4.69, 9.17) is 0 Å². The maximum atomic E-state index is 12.9. The molecule has 28 heavy (non-hydrogen) atoms. The van der Waals surface area contributed by atoms with Gasteiger partial charge in [0.2, 0.25) is 0 Å². The minimum absolute atomic E-state index is 0.234. The first-order valence-corrected chi connectivity index (χ1v) is 9.84. The van der Waals surface area contributed by atoms with Crippen molar-refractivity contribution >= 4 is 26.6 Å². The number of alkyl halides is 3. The Balaban J connectivity index is 1.98. The van der Waals surface area contributed by atoms with Crippen molar-refractivity contribution in [1.29, 1.82) is 0 Å². The summed E-state index contributed by atoms with van der Waals surface area (Å²) in [5.41, 5.74) is -3.13. The van der Waals surface area contributed by atoms with Crippen molar-refractivity contribution in [2.45, 2.75) is 11.9 Å². The number of benzene rings is 3. The predicted octanol–water partition coefficient (Wildman–Crippen LogP) is 4.46. The van der Waals surface area contributed by atoms with E-state index in [1.54, 1.807) is 30.3 Å². The second-order valence-corrected chi connectivity index (χ2v) is 7.82. The zero-order chi connectivity index (χ0) is 19.9. The SMILES string of the molecule is O=S(=O)(Oc1ccc2ccccc2c1C1=NCCc2ccccc21)C(F)(F)F. The second kappa shape index (κ2) is 6.63. The molecule has 0 radical (unpaired) electrons. The largest absolute Gasteiger partial charge is 0.534 e. The Kier molecular flexibility index (Phi) is 4.38. The minimum Gasteiger partial charge on any atom is -0.375 e. The number of halogens is 3. The van der Waals surface area contributed by atoms with E-state index in [2.05, 4.69) is 9.18 Å². The number of nitrogens with zero attached hydrogens (tertiary/aromatic N) is 1. The van der Waals surface area contributed by atoms with Crippen molar-refractivity contribution in [2.24, 2.45) is 4.99 Å². The van der Waals surface area contributed by atoms with Gasteiger partial charge in [0.1, 0.15) is 0 Å². The lowest BCUT2D eigenvalue weighted by atomic mass is 9.90. The van der Waals surface area contributed by atoms with Gasteiger partial charge in [-0.3, -0.25) is 4.99 Å². The Bertz CT molecular complexity index is 1200. The van der Waals surface area contributed by atoms with Gasteiger partial charge in [0.25, 0.3) is 0 Å². The van der Waals surface area contributed by atoms with Crippen LogP contribution in [0.4, 0.5) is 13.2 Å². The fourth-order valence-corrected chi connectivity index (χ4v) is 3.76. The molecule has 0 unspecified atom stereocenters. The third-order valence-electron chi connectivity index (χ3n) is 4.53. The lowest BCUT2D eigenvalue weighted by molar-refractivity contribution is -0.0500. The molecule has 0 spiro atoms. The van der Waals surface area contributed by atoms with Crippen molar-refractivity contribution in [2.75, 3.05) is 6.54 Å². The highest BCUT2D eigenvalue weighted by molar-refractivity contribution is 7.88. The van der Waals surface area contributed by atoms with Crippen LogP contribution in [0.3, 0.4) is 0 Å². The van der Waals surface area contributed by atoms with Crippen LogP contribution in [0.15, 0.2) is 65.7 Å². The van der Waals surface area contributed by atoms with Gasteiger partial charge in [-0.25, -0.2) is 0 Å². The van der Waals surface area contributed by atoms with Crippen molar-refractivity contribution in [3.05, 3.63) is 77.4 Å². The molecule has 0 aromatic heterocycles. The molecule has 1 aliphatic heterocycles. The predicted molar refractivity (Wildman–Crippen MR) is 100 cm³/mol. The van der Waals surface area contributed by atoms with Gasteiger partial charge in [-0.1, -0.05) is 54.6 Å². The monoisotopic (exact) mass is 405 g/mol. The molecular weight excluding hydrogens is 391 g/mol. The van der Waals surface area contributed by atoms with Gasteiger partial charge in [-0.2, -0.15) is 21.6 Å². The molecule has 1 aliphatic rings. The maximum absolute atomic E-state index is 12.9. The first-order valence-electron chi connectivity index (χ1n) is 8.43. The van der Waals surface area contributed by atoms with Gasteiger partial charge in [0.15, 0.2) is 5.75 Å². The Labute approximate surface area is 159 Å². The van der Waals surface area contributed by atoms with E-state index in [1.807, 2.05) is 18.2 Å².